The molecule has 3 rings (SSSR count). The number of hydrogen-bond donors (Lipinski definition) is 5. The minimum atomic E-state index is -1.46. The maximum Gasteiger partial charge on any atom is 0.308 e. The van der Waals surface area contributed by atoms with E-state index in [-0.39, 0.29) is 25.2 Å². The van der Waals surface area contributed by atoms with E-state index in [2.05, 4.69) is 0 Å². The number of cyclic esters (lactones) is 1. The lowest BCUT2D eigenvalue weighted by Gasteiger charge is -2.50. The smallest absolute Gasteiger partial charge is 0.308 e. The van der Waals surface area contributed by atoms with Gasteiger partial charge >= 0.3 is 5.97 Å². The van der Waals surface area contributed by atoms with E-state index in [0.29, 0.717) is 6.42 Å². The summed E-state index contributed by atoms with van der Waals surface area (Å²) in [5, 5.41) is 55.2. The van der Waals surface area contributed by atoms with E-state index in [1.165, 1.54) is 14.0 Å². The lowest BCUT2D eigenvalue weighted by atomic mass is 9.82. The van der Waals surface area contributed by atoms with Crippen LogP contribution in [0, 0.1) is 11.8 Å². The van der Waals surface area contributed by atoms with Crippen molar-refractivity contribution < 1.29 is 63.5 Å². The summed E-state index contributed by atoms with van der Waals surface area (Å²) in [5.41, 5.74) is -1.46. The van der Waals surface area contributed by atoms with Crippen LogP contribution in [-0.4, -0.2) is 149 Å². The molecule has 0 saturated carbocycles. The van der Waals surface area contributed by atoms with Crippen molar-refractivity contribution in [1.29, 1.82) is 0 Å². The largest absolute Gasteiger partial charge is 0.462 e. The summed E-state index contributed by atoms with van der Waals surface area (Å²) in [6.45, 7) is 8.44. The highest BCUT2D eigenvalue weighted by Gasteiger charge is 2.51. The van der Waals surface area contributed by atoms with E-state index in [1.807, 2.05) is 13.0 Å². The Morgan fingerprint density at radius 1 is 1.00 bits per heavy atom. The lowest BCUT2D eigenvalue weighted by Crippen LogP contribution is -2.65. The number of allylic oxidation sites excluding steroid dienone is 2. The molecule has 16 atom stereocenters. The van der Waals surface area contributed by atoms with Crippen LogP contribution in [0.15, 0.2) is 24.3 Å². The molecular weight excluding hydrogens is 642 g/mol. The number of aliphatic hydroxyl groups is 5. The average Bonchev–Trinajstić information content (AvgIpc) is 3.00. The summed E-state index contributed by atoms with van der Waals surface area (Å²) in [4.78, 5) is 26.6. The third-order valence-electron chi connectivity index (χ3n) is 9.83. The van der Waals surface area contributed by atoms with Crippen molar-refractivity contribution in [3.8, 4) is 0 Å². The summed E-state index contributed by atoms with van der Waals surface area (Å²) in [6.07, 6.45) is -4.00. The van der Waals surface area contributed by atoms with Crippen LogP contribution in [-0.2, 0) is 38.0 Å². The Hall–Kier alpha value is -1.82. The predicted octanol–water partition coefficient (Wildman–Crippen LogP) is 0.846. The van der Waals surface area contributed by atoms with Gasteiger partial charge in [-0.3, -0.25) is 4.79 Å². The van der Waals surface area contributed by atoms with E-state index in [1.54, 1.807) is 58.0 Å². The Balaban J connectivity index is 1.94. The molecule has 0 spiro atoms. The van der Waals surface area contributed by atoms with Crippen LogP contribution in [0.3, 0.4) is 0 Å². The van der Waals surface area contributed by atoms with E-state index < -0.39 is 104 Å². The van der Waals surface area contributed by atoms with Gasteiger partial charge in [0.2, 0.25) is 0 Å². The molecule has 0 aromatic rings. The number of methoxy groups -OCH3 is 1. The number of ether oxygens (including phenoxy) is 6. The van der Waals surface area contributed by atoms with Gasteiger partial charge in [-0.1, -0.05) is 31.2 Å². The zero-order valence-corrected chi connectivity index (χ0v) is 30.0. The topological polar surface area (TPSA) is 194 Å². The summed E-state index contributed by atoms with van der Waals surface area (Å²) >= 11 is 0. The second-order valence-electron chi connectivity index (χ2n) is 14.3. The SMILES string of the molecule is CO[C@@H]1[C@@H](O[C@@H]2O[C@H](C)[C@H](O[C@H]3C[C@@](C)(O)[C@H](O)[C@H](C)O3)[C@H](N(C)C)[C@H]2O)[C@@H](CC=O)C[C@@H](C)[C@H](O)/C=C/C=C/C[C@@H](C)OC(=O)C[C@H]1O. The number of carbonyl (C=O) groups is 2. The Morgan fingerprint density at radius 2 is 1.69 bits per heavy atom. The van der Waals surface area contributed by atoms with Crippen molar-refractivity contribution in [2.45, 2.75) is 152 Å². The Kier molecular flexibility index (Phi) is 15.8. The maximum absolute atomic E-state index is 12.8. The van der Waals surface area contributed by atoms with Crippen LogP contribution in [0.25, 0.3) is 0 Å². The van der Waals surface area contributed by atoms with Crippen molar-refractivity contribution in [3.05, 3.63) is 24.3 Å². The summed E-state index contributed by atoms with van der Waals surface area (Å²) in [6, 6.07) is -0.721. The first kappa shape index (κ1) is 41.6. The van der Waals surface area contributed by atoms with Gasteiger partial charge in [0.25, 0.3) is 0 Å². The number of hydrogen-bond acceptors (Lipinski definition) is 14. The van der Waals surface area contributed by atoms with Gasteiger partial charge in [-0.05, 0) is 60.0 Å². The molecule has 0 radical (unpaired) electrons. The Morgan fingerprint density at radius 3 is 2.31 bits per heavy atom. The third kappa shape index (κ3) is 11.1. The van der Waals surface area contributed by atoms with Crippen LogP contribution in [0.2, 0.25) is 0 Å². The molecule has 2 saturated heterocycles. The number of likely N-dealkylation sites (N-methyl/N-ethyl adjacent to an activating group) is 1. The van der Waals surface area contributed by atoms with Crippen LogP contribution < -0.4 is 0 Å². The minimum Gasteiger partial charge on any atom is -0.462 e. The van der Waals surface area contributed by atoms with Crippen molar-refractivity contribution in [2.24, 2.45) is 11.8 Å². The molecule has 282 valence electrons. The van der Waals surface area contributed by atoms with Gasteiger partial charge < -0.3 is 63.6 Å². The van der Waals surface area contributed by atoms with Gasteiger partial charge in [-0.15, -0.1) is 0 Å². The Labute approximate surface area is 289 Å². The normalized spacial score (nSPS) is 46.2. The van der Waals surface area contributed by atoms with Gasteiger partial charge in [-0.25, -0.2) is 0 Å². The van der Waals surface area contributed by atoms with Crippen molar-refractivity contribution in [3.63, 3.8) is 0 Å². The van der Waals surface area contributed by atoms with E-state index >= 15 is 0 Å². The predicted molar refractivity (Wildman–Crippen MR) is 177 cm³/mol. The number of aldehydes is 1. The minimum absolute atomic E-state index is 0.0164. The number of esters is 1. The quantitative estimate of drug-likeness (QED) is 0.177. The molecule has 0 aromatic carbocycles. The highest BCUT2D eigenvalue weighted by atomic mass is 16.7. The Bertz CT molecular complexity index is 1100. The van der Waals surface area contributed by atoms with Gasteiger partial charge in [0.05, 0.1) is 48.6 Å². The van der Waals surface area contributed by atoms with Crippen LogP contribution in [0.1, 0.15) is 66.7 Å². The van der Waals surface area contributed by atoms with E-state index in [9.17, 15) is 35.1 Å². The summed E-state index contributed by atoms with van der Waals surface area (Å²) < 4.78 is 36.1. The molecule has 49 heavy (non-hydrogen) atoms. The zero-order chi connectivity index (χ0) is 36.6. The van der Waals surface area contributed by atoms with E-state index in [0.717, 1.165) is 6.29 Å². The molecule has 0 aliphatic carbocycles. The van der Waals surface area contributed by atoms with Crippen LogP contribution in [0.4, 0.5) is 0 Å². The zero-order valence-electron chi connectivity index (χ0n) is 30.0. The standard InChI is InChI=1S/C35H59NO13/c1-19-16-23(14-15-37)31(32(44-8)25(39)17-26(40)45-20(2)12-10-9-11-13-24(19)38)49-34-29(41)28(36(6)7)30(21(3)47-34)48-27-18-35(5,43)33(42)22(4)46-27/h9-11,13,15,19-25,27-34,38-39,41-43H,12,14,16-18H2,1-8H3/b10-9+,13-11+/t19-,20-,21-,22+,23+,24-,25-,27+,28-,29-,30+,31+,32+,33-,34+,35-/m1/s1. The monoisotopic (exact) mass is 701 g/mol. The molecule has 3 aliphatic heterocycles. The van der Waals surface area contributed by atoms with E-state index in [4.69, 9.17) is 28.4 Å². The van der Waals surface area contributed by atoms with Crippen LogP contribution in [0.5, 0.6) is 0 Å². The number of carbonyl (C=O) groups excluding carboxylic acids is 2. The number of aliphatic hydroxyl groups excluding tert-OH is 4. The molecule has 2 fully saturated rings. The highest BCUT2D eigenvalue weighted by molar-refractivity contribution is 5.70. The molecule has 14 heteroatoms. The molecule has 3 aliphatic rings. The van der Waals surface area contributed by atoms with Crippen molar-refractivity contribution in [2.75, 3.05) is 21.2 Å². The van der Waals surface area contributed by atoms with Gasteiger partial charge in [-0.2, -0.15) is 0 Å². The fourth-order valence-corrected chi connectivity index (χ4v) is 7.04. The van der Waals surface area contributed by atoms with Crippen molar-refractivity contribution >= 4 is 12.3 Å². The maximum atomic E-state index is 12.8. The highest BCUT2D eigenvalue weighted by Crippen LogP contribution is 2.36. The second kappa shape index (κ2) is 18.6. The first-order valence-electron chi connectivity index (χ1n) is 17.2. The molecule has 0 amide bonds. The van der Waals surface area contributed by atoms with Gasteiger partial charge in [0, 0.05) is 26.4 Å². The van der Waals surface area contributed by atoms with Gasteiger partial charge in [0.15, 0.2) is 12.6 Å². The van der Waals surface area contributed by atoms with Crippen molar-refractivity contribution in [1.82, 2.24) is 4.90 Å². The second-order valence-corrected chi connectivity index (χ2v) is 14.3. The summed E-state index contributed by atoms with van der Waals surface area (Å²) in [5.74, 6) is -1.64. The molecule has 3 heterocycles. The molecule has 0 aromatic heterocycles. The summed E-state index contributed by atoms with van der Waals surface area (Å²) in [7, 11) is 4.86. The molecular formula is C35H59NO13. The first-order valence-corrected chi connectivity index (χ1v) is 17.2. The molecule has 0 unspecified atom stereocenters. The molecule has 0 bridgehead atoms. The third-order valence-corrected chi connectivity index (χ3v) is 9.83. The number of nitrogens with zero attached hydrogens (tertiary/aromatic N) is 1. The first-order chi connectivity index (χ1) is 23.0. The number of rotatable bonds is 8. The molecule has 14 nitrogen and oxygen atoms in total. The van der Waals surface area contributed by atoms with Gasteiger partial charge in [0.1, 0.15) is 36.8 Å². The fraction of sp³-hybridized carbons (Fsp3) is 0.829. The average molecular weight is 702 g/mol. The molecule has 5 N–H and O–H groups in total. The fourth-order valence-electron chi connectivity index (χ4n) is 7.04. The van der Waals surface area contributed by atoms with Crippen LogP contribution >= 0.6 is 0 Å². The lowest BCUT2D eigenvalue weighted by molar-refractivity contribution is -0.344.